The summed E-state index contributed by atoms with van der Waals surface area (Å²) in [5.74, 6) is 0.0900. The summed E-state index contributed by atoms with van der Waals surface area (Å²) < 4.78 is 18.2. The third-order valence-electron chi connectivity index (χ3n) is 2.55. The smallest absolute Gasteiger partial charge is 0.126 e. The molecule has 2 nitrogen and oxygen atoms in total. The summed E-state index contributed by atoms with van der Waals surface area (Å²) in [5, 5.41) is 9.81. The lowest BCUT2D eigenvalue weighted by Gasteiger charge is -2.12. The summed E-state index contributed by atoms with van der Waals surface area (Å²) in [6, 6.07) is 15.6. The molecule has 2 rings (SSSR count). The van der Waals surface area contributed by atoms with Gasteiger partial charge in [0.1, 0.15) is 18.2 Å². The van der Waals surface area contributed by atoms with Crippen molar-refractivity contribution >= 4 is 0 Å². The van der Waals surface area contributed by atoms with E-state index in [9.17, 15) is 9.50 Å². The molecule has 0 heterocycles. The van der Waals surface area contributed by atoms with Crippen LogP contribution in [0.3, 0.4) is 0 Å². The van der Waals surface area contributed by atoms with Crippen LogP contribution in [0, 0.1) is 5.82 Å². The van der Waals surface area contributed by atoms with Gasteiger partial charge in [0, 0.05) is 12.5 Å². The van der Waals surface area contributed by atoms with Crippen molar-refractivity contribution in [2.75, 3.05) is 6.61 Å². The molecule has 0 amide bonds. The number of rotatable bonds is 5. The van der Waals surface area contributed by atoms with E-state index in [1.165, 1.54) is 12.1 Å². The molecule has 2 aromatic rings. The molecular formula is C15H15FO2. The summed E-state index contributed by atoms with van der Waals surface area (Å²) in [5.41, 5.74) is 1.05. The molecule has 0 aliphatic carbocycles. The van der Waals surface area contributed by atoms with Gasteiger partial charge in [0.2, 0.25) is 0 Å². The SMILES string of the molecule is OC(COc1cccc(F)c1)Cc1ccccc1. The number of hydrogen-bond donors (Lipinski definition) is 1. The van der Waals surface area contributed by atoms with Crippen molar-refractivity contribution in [2.24, 2.45) is 0 Å². The Bertz CT molecular complexity index is 485. The molecule has 3 heteroatoms. The zero-order valence-electron chi connectivity index (χ0n) is 9.92. The van der Waals surface area contributed by atoms with Crippen molar-refractivity contribution in [3.63, 3.8) is 0 Å². The third kappa shape index (κ3) is 3.86. The van der Waals surface area contributed by atoms with E-state index >= 15 is 0 Å². The van der Waals surface area contributed by atoms with Crippen LogP contribution in [-0.2, 0) is 6.42 Å². The minimum absolute atomic E-state index is 0.151. The molecule has 0 saturated carbocycles. The van der Waals surface area contributed by atoms with E-state index in [1.807, 2.05) is 30.3 Å². The Hall–Kier alpha value is -1.87. The Morgan fingerprint density at radius 3 is 2.56 bits per heavy atom. The van der Waals surface area contributed by atoms with E-state index in [0.29, 0.717) is 12.2 Å². The highest BCUT2D eigenvalue weighted by molar-refractivity contribution is 5.22. The Labute approximate surface area is 106 Å². The Morgan fingerprint density at radius 2 is 1.83 bits per heavy atom. The van der Waals surface area contributed by atoms with Gasteiger partial charge in [-0.3, -0.25) is 0 Å². The van der Waals surface area contributed by atoms with Crippen LogP contribution in [0.25, 0.3) is 0 Å². The number of aliphatic hydroxyl groups excluding tert-OH is 1. The predicted octanol–water partition coefficient (Wildman–Crippen LogP) is 2.81. The Balaban J connectivity index is 1.83. The highest BCUT2D eigenvalue weighted by Gasteiger charge is 2.06. The molecule has 0 fully saturated rings. The lowest BCUT2D eigenvalue weighted by Crippen LogP contribution is -2.20. The fraction of sp³-hybridized carbons (Fsp3) is 0.200. The van der Waals surface area contributed by atoms with Crippen molar-refractivity contribution in [1.82, 2.24) is 0 Å². The zero-order valence-corrected chi connectivity index (χ0v) is 9.92. The highest BCUT2D eigenvalue weighted by Crippen LogP contribution is 2.12. The third-order valence-corrected chi connectivity index (χ3v) is 2.55. The zero-order chi connectivity index (χ0) is 12.8. The first-order valence-electron chi connectivity index (χ1n) is 5.84. The van der Waals surface area contributed by atoms with Crippen molar-refractivity contribution < 1.29 is 14.2 Å². The minimum Gasteiger partial charge on any atom is -0.491 e. The van der Waals surface area contributed by atoms with Gasteiger partial charge in [-0.05, 0) is 17.7 Å². The molecule has 0 aliphatic rings. The fourth-order valence-corrected chi connectivity index (χ4v) is 1.69. The van der Waals surface area contributed by atoms with Crippen molar-refractivity contribution in [3.05, 3.63) is 66.0 Å². The Kier molecular flexibility index (Phi) is 4.31. The van der Waals surface area contributed by atoms with Gasteiger partial charge in [0.15, 0.2) is 0 Å². The molecule has 0 radical (unpaired) electrons. The van der Waals surface area contributed by atoms with Gasteiger partial charge in [0.05, 0.1) is 6.10 Å². The van der Waals surface area contributed by atoms with E-state index in [4.69, 9.17) is 4.74 Å². The van der Waals surface area contributed by atoms with Crippen molar-refractivity contribution in [1.29, 1.82) is 0 Å². The molecule has 0 saturated heterocycles. The summed E-state index contributed by atoms with van der Waals surface area (Å²) in [4.78, 5) is 0. The molecule has 0 bridgehead atoms. The van der Waals surface area contributed by atoms with Crippen LogP contribution < -0.4 is 4.74 Å². The van der Waals surface area contributed by atoms with E-state index in [0.717, 1.165) is 5.56 Å². The van der Waals surface area contributed by atoms with E-state index in [2.05, 4.69) is 0 Å². The predicted molar refractivity (Wildman–Crippen MR) is 68.0 cm³/mol. The monoisotopic (exact) mass is 246 g/mol. The largest absolute Gasteiger partial charge is 0.491 e. The first kappa shape index (κ1) is 12.6. The summed E-state index contributed by atoms with van der Waals surface area (Å²) >= 11 is 0. The van der Waals surface area contributed by atoms with Crippen LogP contribution in [0.5, 0.6) is 5.75 Å². The molecule has 0 aliphatic heterocycles. The molecule has 1 N–H and O–H groups in total. The second-order valence-electron chi connectivity index (χ2n) is 4.11. The average Bonchev–Trinajstić information content (AvgIpc) is 2.38. The van der Waals surface area contributed by atoms with E-state index < -0.39 is 6.10 Å². The standard InChI is InChI=1S/C15H15FO2/c16-13-7-4-8-15(10-13)18-11-14(17)9-12-5-2-1-3-6-12/h1-8,10,14,17H,9,11H2. The quantitative estimate of drug-likeness (QED) is 0.879. The van der Waals surface area contributed by atoms with Gasteiger partial charge in [-0.25, -0.2) is 4.39 Å². The van der Waals surface area contributed by atoms with Gasteiger partial charge >= 0.3 is 0 Å². The number of hydrogen-bond acceptors (Lipinski definition) is 2. The average molecular weight is 246 g/mol. The summed E-state index contributed by atoms with van der Waals surface area (Å²) in [6.45, 7) is 0.151. The molecule has 2 aromatic carbocycles. The molecule has 1 atom stereocenters. The van der Waals surface area contributed by atoms with Gasteiger partial charge in [-0.15, -0.1) is 0 Å². The van der Waals surface area contributed by atoms with Crippen molar-refractivity contribution in [3.8, 4) is 5.75 Å². The first-order valence-corrected chi connectivity index (χ1v) is 5.84. The number of benzene rings is 2. The molecule has 94 valence electrons. The lowest BCUT2D eigenvalue weighted by molar-refractivity contribution is 0.107. The number of aliphatic hydroxyl groups is 1. The lowest BCUT2D eigenvalue weighted by atomic mass is 10.1. The van der Waals surface area contributed by atoms with Crippen LogP contribution in [0.2, 0.25) is 0 Å². The van der Waals surface area contributed by atoms with Gasteiger partial charge in [0.25, 0.3) is 0 Å². The molecule has 0 spiro atoms. The van der Waals surface area contributed by atoms with Crippen LogP contribution in [-0.4, -0.2) is 17.8 Å². The topological polar surface area (TPSA) is 29.5 Å². The molecule has 0 aromatic heterocycles. The van der Waals surface area contributed by atoms with E-state index in [-0.39, 0.29) is 12.4 Å². The van der Waals surface area contributed by atoms with Crippen LogP contribution in [0.4, 0.5) is 4.39 Å². The van der Waals surface area contributed by atoms with Crippen LogP contribution >= 0.6 is 0 Å². The molecular weight excluding hydrogens is 231 g/mol. The first-order chi connectivity index (χ1) is 8.74. The minimum atomic E-state index is -0.601. The second kappa shape index (κ2) is 6.17. The second-order valence-corrected chi connectivity index (χ2v) is 4.11. The Morgan fingerprint density at radius 1 is 1.06 bits per heavy atom. The van der Waals surface area contributed by atoms with Crippen LogP contribution in [0.15, 0.2) is 54.6 Å². The highest BCUT2D eigenvalue weighted by atomic mass is 19.1. The number of ether oxygens (including phenoxy) is 1. The fourth-order valence-electron chi connectivity index (χ4n) is 1.69. The van der Waals surface area contributed by atoms with Crippen molar-refractivity contribution in [2.45, 2.75) is 12.5 Å². The molecule has 1 unspecified atom stereocenters. The maximum atomic E-state index is 12.9. The van der Waals surface area contributed by atoms with Gasteiger partial charge < -0.3 is 9.84 Å². The number of halogens is 1. The van der Waals surface area contributed by atoms with Gasteiger partial charge in [-0.2, -0.15) is 0 Å². The normalized spacial score (nSPS) is 12.1. The summed E-state index contributed by atoms with van der Waals surface area (Å²) in [6.07, 6.45) is -0.0773. The molecule has 18 heavy (non-hydrogen) atoms. The van der Waals surface area contributed by atoms with E-state index in [1.54, 1.807) is 12.1 Å². The summed E-state index contributed by atoms with van der Waals surface area (Å²) in [7, 11) is 0. The van der Waals surface area contributed by atoms with Gasteiger partial charge in [-0.1, -0.05) is 36.4 Å². The maximum Gasteiger partial charge on any atom is 0.126 e. The maximum absolute atomic E-state index is 12.9. The van der Waals surface area contributed by atoms with Crippen LogP contribution in [0.1, 0.15) is 5.56 Å².